The van der Waals surface area contributed by atoms with E-state index in [9.17, 15) is 20.1 Å². The molecule has 5 heteroatoms. The first-order valence-corrected chi connectivity index (χ1v) is 9.90. The molecular weight excluding hydrogens is 320 g/mol. The number of aliphatic carboxylic acids is 1. The minimum absolute atomic E-state index is 0.0218. The molecule has 1 fully saturated rings. The van der Waals surface area contributed by atoms with Gasteiger partial charge in [-0.25, -0.2) is 0 Å². The summed E-state index contributed by atoms with van der Waals surface area (Å²) in [5.41, 5.74) is 0. The van der Waals surface area contributed by atoms with Gasteiger partial charge < -0.3 is 20.4 Å². The fraction of sp³-hybridized carbons (Fsp3) is 0.850. The van der Waals surface area contributed by atoms with Crippen molar-refractivity contribution in [3.63, 3.8) is 0 Å². The molecule has 1 aliphatic carbocycles. The SMILES string of the molecule is CCCCC[C@H](O)/C=C/[C@@H]1[C@@H](CCCCCCC(=O)O)[C@H](O)C[C@@H]1O. The fourth-order valence-electron chi connectivity index (χ4n) is 3.74. The topological polar surface area (TPSA) is 98.0 Å². The van der Waals surface area contributed by atoms with Gasteiger partial charge in [0, 0.05) is 18.8 Å². The number of carbonyl (C=O) groups is 1. The third-order valence-corrected chi connectivity index (χ3v) is 5.25. The second kappa shape index (κ2) is 12.4. The Morgan fingerprint density at radius 2 is 1.80 bits per heavy atom. The number of carboxylic acids is 1. The molecule has 4 N–H and O–H groups in total. The molecule has 0 saturated heterocycles. The van der Waals surface area contributed by atoms with Crippen molar-refractivity contribution in [3.05, 3.63) is 12.2 Å². The van der Waals surface area contributed by atoms with Crippen LogP contribution in [0.2, 0.25) is 0 Å². The van der Waals surface area contributed by atoms with Crippen molar-refractivity contribution in [1.29, 1.82) is 0 Å². The van der Waals surface area contributed by atoms with E-state index >= 15 is 0 Å². The van der Waals surface area contributed by atoms with Crippen LogP contribution in [0.25, 0.3) is 0 Å². The number of unbranched alkanes of at least 4 members (excludes halogenated alkanes) is 5. The first-order valence-electron chi connectivity index (χ1n) is 9.90. The van der Waals surface area contributed by atoms with E-state index in [4.69, 9.17) is 5.11 Å². The monoisotopic (exact) mass is 356 g/mol. The predicted octanol–water partition coefficient (Wildman–Crippen LogP) is 3.27. The molecule has 0 aromatic carbocycles. The lowest BCUT2D eigenvalue weighted by atomic mass is 9.88. The molecule has 0 aliphatic heterocycles. The van der Waals surface area contributed by atoms with Crippen molar-refractivity contribution in [2.75, 3.05) is 0 Å². The normalized spacial score (nSPS) is 27.8. The Kier molecular flexibility index (Phi) is 11.0. The van der Waals surface area contributed by atoms with Crippen LogP contribution in [0.5, 0.6) is 0 Å². The van der Waals surface area contributed by atoms with E-state index in [0.29, 0.717) is 12.8 Å². The Morgan fingerprint density at radius 1 is 1.08 bits per heavy atom. The summed E-state index contributed by atoms with van der Waals surface area (Å²) in [5, 5.41) is 39.0. The molecule has 146 valence electrons. The van der Waals surface area contributed by atoms with Gasteiger partial charge in [-0.15, -0.1) is 0 Å². The van der Waals surface area contributed by atoms with Gasteiger partial charge in [-0.05, 0) is 25.2 Å². The highest BCUT2D eigenvalue weighted by Crippen LogP contribution is 2.37. The highest BCUT2D eigenvalue weighted by molar-refractivity contribution is 5.66. The zero-order valence-electron chi connectivity index (χ0n) is 15.5. The summed E-state index contributed by atoms with van der Waals surface area (Å²) in [6.07, 6.45) is 11.0. The van der Waals surface area contributed by atoms with Crippen LogP contribution >= 0.6 is 0 Å². The molecule has 5 atom stereocenters. The van der Waals surface area contributed by atoms with Gasteiger partial charge in [-0.1, -0.05) is 57.6 Å². The van der Waals surface area contributed by atoms with Crippen LogP contribution in [0.15, 0.2) is 12.2 Å². The molecule has 0 aromatic rings. The Hall–Kier alpha value is -0.910. The Labute approximate surface area is 151 Å². The molecule has 0 unspecified atom stereocenters. The quantitative estimate of drug-likeness (QED) is 0.300. The smallest absolute Gasteiger partial charge is 0.303 e. The van der Waals surface area contributed by atoms with Gasteiger partial charge in [-0.2, -0.15) is 0 Å². The van der Waals surface area contributed by atoms with Crippen molar-refractivity contribution >= 4 is 5.97 Å². The van der Waals surface area contributed by atoms with Crippen LogP contribution in [-0.2, 0) is 4.79 Å². The second-order valence-electron chi connectivity index (χ2n) is 7.41. The summed E-state index contributed by atoms with van der Waals surface area (Å²) in [7, 11) is 0. The molecule has 1 aliphatic rings. The number of carboxylic acid groups (broad SMARTS) is 1. The van der Waals surface area contributed by atoms with E-state index < -0.39 is 24.3 Å². The van der Waals surface area contributed by atoms with Crippen molar-refractivity contribution in [2.45, 2.75) is 95.9 Å². The van der Waals surface area contributed by atoms with Crippen LogP contribution in [0.4, 0.5) is 0 Å². The second-order valence-corrected chi connectivity index (χ2v) is 7.41. The zero-order chi connectivity index (χ0) is 18.7. The van der Waals surface area contributed by atoms with Crippen molar-refractivity contribution in [1.82, 2.24) is 0 Å². The van der Waals surface area contributed by atoms with E-state index in [1.807, 2.05) is 6.08 Å². The maximum Gasteiger partial charge on any atom is 0.303 e. The van der Waals surface area contributed by atoms with Gasteiger partial charge in [0.25, 0.3) is 0 Å². The molecular formula is C20H36O5. The maximum absolute atomic E-state index is 10.5. The van der Waals surface area contributed by atoms with Gasteiger partial charge in [0.2, 0.25) is 0 Å². The average Bonchev–Trinajstić information content (AvgIpc) is 2.82. The van der Waals surface area contributed by atoms with E-state index in [1.165, 1.54) is 0 Å². The summed E-state index contributed by atoms with van der Waals surface area (Å²) in [6, 6.07) is 0. The highest BCUT2D eigenvalue weighted by atomic mass is 16.4. The van der Waals surface area contributed by atoms with E-state index in [-0.39, 0.29) is 18.3 Å². The molecule has 0 radical (unpaired) electrons. The highest BCUT2D eigenvalue weighted by Gasteiger charge is 2.39. The maximum atomic E-state index is 10.5. The summed E-state index contributed by atoms with van der Waals surface area (Å²) in [5.74, 6) is -0.833. The first-order chi connectivity index (χ1) is 12.0. The number of aliphatic hydroxyl groups is 3. The van der Waals surface area contributed by atoms with E-state index in [2.05, 4.69) is 6.92 Å². The number of aliphatic hydroxyl groups excluding tert-OH is 3. The largest absolute Gasteiger partial charge is 0.481 e. The summed E-state index contributed by atoms with van der Waals surface area (Å²) in [4.78, 5) is 10.5. The molecule has 0 heterocycles. The van der Waals surface area contributed by atoms with Crippen LogP contribution in [0.1, 0.15) is 77.6 Å². The van der Waals surface area contributed by atoms with Crippen LogP contribution < -0.4 is 0 Å². The average molecular weight is 357 g/mol. The number of hydrogen-bond donors (Lipinski definition) is 4. The lowest BCUT2D eigenvalue weighted by Gasteiger charge is -2.21. The van der Waals surface area contributed by atoms with Gasteiger partial charge in [0.15, 0.2) is 0 Å². The van der Waals surface area contributed by atoms with Crippen molar-refractivity contribution in [2.24, 2.45) is 11.8 Å². The number of rotatable bonds is 13. The minimum atomic E-state index is -0.753. The van der Waals surface area contributed by atoms with Crippen molar-refractivity contribution < 1.29 is 25.2 Å². The fourth-order valence-corrected chi connectivity index (χ4v) is 3.74. The summed E-state index contributed by atoms with van der Waals surface area (Å²) >= 11 is 0. The molecule has 0 aromatic heterocycles. The molecule has 5 nitrogen and oxygen atoms in total. The van der Waals surface area contributed by atoms with Gasteiger partial charge in [0.1, 0.15) is 0 Å². The standard InChI is InChI=1S/C20H36O5/c1-2-3-6-9-15(21)12-13-17-16(18(22)14-19(17)23)10-7-4-5-8-11-20(24)25/h12-13,15-19,21-23H,2-11,14H2,1H3,(H,24,25)/b13-12+/t15-,16+,17+,18+,19-/m0/s1. The lowest BCUT2D eigenvalue weighted by molar-refractivity contribution is -0.137. The van der Waals surface area contributed by atoms with E-state index in [0.717, 1.165) is 51.4 Å². The molecule has 0 bridgehead atoms. The van der Waals surface area contributed by atoms with Gasteiger partial charge in [0.05, 0.1) is 18.3 Å². The van der Waals surface area contributed by atoms with Crippen LogP contribution in [-0.4, -0.2) is 44.7 Å². The Bertz CT molecular complexity index is 396. The molecule has 0 spiro atoms. The molecule has 25 heavy (non-hydrogen) atoms. The third kappa shape index (κ3) is 8.84. The summed E-state index contributed by atoms with van der Waals surface area (Å²) in [6.45, 7) is 2.13. The summed E-state index contributed by atoms with van der Waals surface area (Å²) < 4.78 is 0. The Balaban J connectivity index is 2.38. The minimum Gasteiger partial charge on any atom is -0.481 e. The first kappa shape index (κ1) is 22.1. The molecule has 1 rings (SSSR count). The van der Waals surface area contributed by atoms with Gasteiger partial charge >= 0.3 is 5.97 Å². The molecule has 0 amide bonds. The van der Waals surface area contributed by atoms with Gasteiger partial charge in [-0.3, -0.25) is 4.79 Å². The van der Waals surface area contributed by atoms with E-state index in [1.54, 1.807) is 6.08 Å². The lowest BCUT2D eigenvalue weighted by Crippen LogP contribution is -2.21. The van der Waals surface area contributed by atoms with Crippen molar-refractivity contribution in [3.8, 4) is 0 Å². The zero-order valence-corrected chi connectivity index (χ0v) is 15.5. The Morgan fingerprint density at radius 3 is 2.48 bits per heavy atom. The predicted molar refractivity (Wildman–Crippen MR) is 98.2 cm³/mol. The number of hydrogen-bond acceptors (Lipinski definition) is 4. The molecule has 1 saturated carbocycles. The van der Waals surface area contributed by atoms with Crippen LogP contribution in [0, 0.1) is 11.8 Å². The van der Waals surface area contributed by atoms with Crippen LogP contribution in [0.3, 0.4) is 0 Å². The third-order valence-electron chi connectivity index (χ3n) is 5.25.